The summed E-state index contributed by atoms with van der Waals surface area (Å²) in [5, 5.41) is 3.68. The summed E-state index contributed by atoms with van der Waals surface area (Å²) in [5.41, 5.74) is 1.37. The summed E-state index contributed by atoms with van der Waals surface area (Å²) in [5.74, 6) is 0. The zero-order valence-electron chi connectivity index (χ0n) is 13.4. The molecule has 0 spiro atoms. The molecule has 0 amide bonds. The molecule has 0 saturated carbocycles. The van der Waals surface area contributed by atoms with Crippen LogP contribution in [0.4, 0.5) is 0 Å². The van der Waals surface area contributed by atoms with E-state index in [0.717, 1.165) is 32.5 Å². The van der Waals surface area contributed by atoms with Crippen LogP contribution in [0.5, 0.6) is 0 Å². The number of hydrogen-bond donors (Lipinski definition) is 1. The van der Waals surface area contributed by atoms with Gasteiger partial charge >= 0.3 is 0 Å². The predicted octanol–water partition coefficient (Wildman–Crippen LogP) is 3.08. The molecule has 0 heterocycles. The van der Waals surface area contributed by atoms with E-state index >= 15 is 0 Å². The third-order valence-electron chi connectivity index (χ3n) is 3.81. The van der Waals surface area contributed by atoms with Crippen LogP contribution in [0.2, 0.25) is 0 Å². The molecule has 1 aromatic rings. The van der Waals surface area contributed by atoms with Gasteiger partial charge in [-0.05, 0) is 38.9 Å². The Morgan fingerprint density at radius 3 is 2.55 bits per heavy atom. The van der Waals surface area contributed by atoms with E-state index in [1.807, 2.05) is 0 Å². The average Bonchev–Trinajstić information content (AvgIpc) is 2.48. The first-order valence-corrected chi connectivity index (χ1v) is 7.68. The summed E-state index contributed by atoms with van der Waals surface area (Å²) in [4.78, 5) is 2.42. The minimum Gasteiger partial charge on any atom is -0.385 e. The third kappa shape index (κ3) is 5.61. The minimum atomic E-state index is 0.378. The van der Waals surface area contributed by atoms with Gasteiger partial charge in [-0.15, -0.1) is 0 Å². The van der Waals surface area contributed by atoms with E-state index in [0.29, 0.717) is 12.1 Å². The molecule has 0 aliphatic carbocycles. The van der Waals surface area contributed by atoms with Gasteiger partial charge in [0.05, 0.1) is 0 Å². The van der Waals surface area contributed by atoms with Gasteiger partial charge < -0.3 is 15.0 Å². The third-order valence-corrected chi connectivity index (χ3v) is 3.81. The van der Waals surface area contributed by atoms with Crippen molar-refractivity contribution < 1.29 is 4.74 Å². The van der Waals surface area contributed by atoms with Crippen molar-refractivity contribution in [1.82, 2.24) is 10.2 Å². The van der Waals surface area contributed by atoms with E-state index in [-0.39, 0.29) is 0 Å². The molecule has 1 rings (SSSR count). The Morgan fingerprint density at radius 2 is 1.95 bits per heavy atom. The first-order valence-electron chi connectivity index (χ1n) is 7.68. The quantitative estimate of drug-likeness (QED) is 0.666. The summed E-state index contributed by atoms with van der Waals surface area (Å²) in [6.07, 6.45) is 2.23. The van der Waals surface area contributed by atoms with Gasteiger partial charge in [0.2, 0.25) is 0 Å². The van der Waals surface area contributed by atoms with Crippen LogP contribution in [0.25, 0.3) is 0 Å². The number of ether oxygens (including phenoxy) is 1. The fourth-order valence-corrected chi connectivity index (χ4v) is 2.44. The normalized spacial score (nSPS) is 14.4. The molecule has 3 heteroatoms. The van der Waals surface area contributed by atoms with Crippen LogP contribution in [-0.4, -0.2) is 44.8 Å². The van der Waals surface area contributed by atoms with Crippen LogP contribution in [0, 0.1) is 0 Å². The van der Waals surface area contributed by atoms with E-state index in [1.165, 1.54) is 5.56 Å². The number of likely N-dealkylation sites (N-methyl/N-ethyl adjacent to an activating group) is 1. The molecule has 1 aromatic carbocycles. The fourth-order valence-electron chi connectivity index (χ4n) is 2.44. The molecule has 0 aliphatic heterocycles. The molecule has 0 aromatic heterocycles. The SMILES string of the molecule is CCCNC(c1ccccc1)C(C)N(C)CCCOC. The number of nitrogens with zero attached hydrogens (tertiary/aromatic N) is 1. The molecule has 0 bridgehead atoms. The van der Waals surface area contributed by atoms with Crippen molar-refractivity contribution in [3.05, 3.63) is 35.9 Å². The molecular weight excluding hydrogens is 248 g/mol. The van der Waals surface area contributed by atoms with Gasteiger partial charge in [0.25, 0.3) is 0 Å². The van der Waals surface area contributed by atoms with Crippen molar-refractivity contribution in [2.75, 3.05) is 33.9 Å². The summed E-state index contributed by atoms with van der Waals surface area (Å²) < 4.78 is 5.14. The van der Waals surface area contributed by atoms with Crippen molar-refractivity contribution in [2.24, 2.45) is 0 Å². The molecule has 2 unspecified atom stereocenters. The summed E-state index contributed by atoms with van der Waals surface area (Å²) >= 11 is 0. The Balaban J connectivity index is 2.66. The topological polar surface area (TPSA) is 24.5 Å². The molecule has 0 saturated heterocycles. The molecule has 3 nitrogen and oxygen atoms in total. The second kappa shape index (κ2) is 9.92. The smallest absolute Gasteiger partial charge is 0.0475 e. The lowest BCUT2D eigenvalue weighted by Gasteiger charge is -2.33. The molecule has 1 N–H and O–H groups in total. The van der Waals surface area contributed by atoms with E-state index in [1.54, 1.807) is 7.11 Å². The van der Waals surface area contributed by atoms with Crippen molar-refractivity contribution in [3.8, 4) is 0 Å². The van der Waals surface area contributed by atoms with E-state index in [2.05, 4.69) is 61.4 Å². The zero-order chi connectivity index (χ0) is 14.8. The van der Waals surface area contributed by atoms with Crippen LogP contribution in [0.15, 0.2) is 30.3 Å². The molecule has 114 valence electrons. The number of nitrogens with one attached hydrogen (secondary N) is 1. The van der Waals surface area contributed by atoms with E-state index in [9.17, 15) is 0 Å². The van der Waals surface area contributed by atoms with E-state index < -0.39 is 0 Å². The maximum atomic E-state index is 5.14. The first-order chi connectivity index (χ1) is 9.70. The van der Waals surface area contributed by atoms with Gasteiger partial charge in [-0.3, -0.25) is 0 Å². The molecule has 2 atom stereocenters. The highest BCUT2D eigenvalue weighted by Gasteiger charge is 2.21. The van der Waals surface area contributed by atoms with Crippen LogP contribution < -0.4 is 5.32 Å². The zero-order valence-corrected chi connectivity index (χ0v) is 13.4. The molecule has 0 fully saturated rings. The summed E-state index contributed by atoms with van der Waals surface area (Å²) in [6, 6.07) is 11.6. The Bertz CT molecular complexity index is 342. The van der Waals surface area contributed by atoms with Crippen LogP contribution in [0.3, 0.4) is 0 Å². The lowest BCUT2D eigenvalue weighted by Crippen LogP contribution is -2.41. The predicted molar refractivity (Wildman–Crippen MR) is 86.1 cm³/mol. The van der Waals surface area contributed by atoms with Crippen LogP contribution in [0.1, 0.15) is 38.3 Å². The highest BCUT2D eigenvalue weighted by atomic mass is 16.5. The molecular formula is C17H30N2O. The van der Waals surface area contributed by atoms with Gasteiger partial charge in [-0.1, -0.05) is 37.3 Å². The second-order valence-electron chi connectivity index (χ2n) is 5.41. The average molecular weight is 278 g/mol. The molecule has 20 heavy (non-hydrogen) atoms. The van der Waals surface area contributed by atoms with Crippen LogP contribution >= 0.6 is 0 Å². The van der Waals surface area contributed by atoms with Gasteiger partial charge in [0.1, 0.15) is 0 Å². The molecule has 0 radical (unpaired) electrons. The Morgan fingerprint density at radius 1 is 1.25 bits per heavy atom. The molecule has 0 aliphatic rings. The van der Waals surface area contributed by atoms with Crippen molar-refractivity contribution >= 4 is 0 Å². The summed E-state index contributed by atoms with van der Waals surface area (Å²) in [7, 11) is 3.96. The van der Waals surface area contributed by atoms with Gasteiger partial charge in [0.15, 0.2) is 0 Å². The lowest BCUT2D eigenvalue weighted by atomic mass is 9.99. The number of methoxy groups -OCH3 is 1. The maximum Gasteiger partial charge on any atom is 0.0475 e. The monoisotopic (exact) mass is 278 g/mol. The fraction of sp³-hybridized carbons (Fsp3) is 0.647. The highest BCUT2D eigenvalue weighted by molar-refractivity contribution is 5.20. The van der Waals surface area contributed by atoms with Crippen molar-refractivity contribution in [2.45, 2.75) is 38.8 Å². The van der Waals surface area contributed by atoms with Gasteiger partial charge in [-0.25, -0.2) is 0 Å². The number of rotatable bonds is 10. The second-order valence-corrected chi connectivity index (χ2v) is 5.41. The Labute approximate surface area is 124 Å². The Hall–Kier alpha value is -0.900. The standard InChI is InChI=1S/C17H30N2O/c1-5-12-18-17(16-10-7-6-8-11-16)15(2)19(3)13-9-14-20-4/h6-8,10-11,15,17-18H,5,9,12-14H2,1-4H3. The largest absolute Gasteiger partial charge is 0.385 e. The maximum absolute atomic E-state index is 5.14. The van der Waals surface area contributed by atoms with Gasteiger partial charge in [-0.2, -0.15) is 0 Å². The van der Waals surface area contributed by atoms with Crippen molar-refractivity contribution in [1.29, 1.82) is 0 Å². The van der Waals surface area contributed by atoms with Crippen LogP contribution in [-0.2, 0) is 4.74 Å². The minimum absolute atomic E-state index is 0.378. The Kier molecular flexibility index (Phi) is 8.51. The highest BCUT2D eigenvalue weighted by Crippen LogP contribution is 2.20. The van der Waals surface area contributed by atoms with Gasteiger partial charge in [0, 0.05) is 32.3 Å². The number of benzene rings is 1. The van der Waals surface area contributed by atoms with Crippen molar-refractivity contribution in [3.63, 3.8) is 0 Å². The first kappa shape index (κ1) is 17.2. The van der Waals surface area contributed by atoms with E-state index in [4.69, 9.17) is 4.74 Å². The lowest BCUT2D eigenvalue weighted by molar-refractivity contribution is 0.156. The number of hydrogen-bond acceptors (Lipinski definition) is 3. The summed E-state index contributed by atoms with van der Waals surface area (Å²) in [6.45, 7) is 7.45.